The molecule has 0 bridgehead atoms. The zero-order valence-electron chi connectivity index (χ0n) is 23.9. The number of amides is 6. The van der Waals surface area contributed by atoms with Crippen LogP contribution < -0.4 is 22.4 Å². The second-order valence-corrected chi connectivity index (χ2v) is 8.93. The first-order valence-electron chi connectivity index (χ1n) is 12.4. The first kappa shape index (κ1) is 34.1. The van der Waals surface area contributed by atoms with Gasteiger partial charge in [0.05, 0.1) is 0 Å². The molecule has 18 nitrogen and oxygen atoms in total. The van der Waals surface area contributed by atoms with Crippen molar-refractivity contribution in [3.8, 4) is 0 Å². The molecule has 0 aliphatic carbocycles. The van der Waals surface area contributed by atoms with Gasteiger partial charge in [0.2, 0.25) is 23.6 Å². The van der Waals surface area contributed by atoms with Gasteiger partial charge in [-0.1, -0.05) is 0 Å². The third-order valence-electron chi connectivity index (χ3n) is 5.66. The van der Waals surface area contributed by atoms with Gasteiger partial charge in [0.25, 0.3) is 0 Å². The third kappa shape index (κ3) is 11.8. The van der Waals surface area contributed by atoms with Crippen molar-refractivity contribution in [3.05, 3.63) is 43.6 Å². The van der Waals surface area contributed by atoms with E-state index in [1.54, 1.807) is 25.9 Å². The summed E-state index contributed by atoms with van der Waals surface area (Å²) in [5.74, 6) is 0.431. The normalized spacial score (nSPS) is 16.0. The second kappa shape index (κ2) is 16.3. The summed E-state index contributed by atoms with van der Waals surface area (Å²) in [5.41, 5.74) is -1.23. The average Bonchev–Trinajstić information content (AvgIpc) is 3.54. The molecule has 0 saturated carbocycles. The van der Waals surface area contributed by atoms with Crippen molar-refractivity contribution >= 4 is 29.7 Å². The number of nitrogens with zero attached hydrogens (tertiary/aromatic N) is 7. The third-order valence-corrected chi connectivity index (χ3v) is 5.66. The van der Waals surface area contributed by atoms with Crippen molar-refractivity contribution in [1.82, 2.24) is 49.3 Å². The summed E-state index contributed by atoms with van der Waals surface area (Å²) in [7, 11) is 7.93. The molecule has 3 fully saturated rings. The molecule has 5 rings (SSSR count). The van der Waals surface area contributed by atoms with Gasteiger partial charge in [0.15, 0.2) is 0 Å². The second-order valence-electron chi connectivity index (χ2n) is 8.93. The van der Waals surface area contributed by atoms with Crippen LogP contribution in [0.1, 0.15) is 37.9 Å². The first-order valence-corrected chi connectivity index (χ1v) is 12.4. The summed E-state index contributed by atoms with van der Waals surface area (Å²) in [6.07, 6.45) is 3.75. The van der Waals surface area contributed by atoms with Crippen LogP contribution in [0.4, 0.5) is 4.79 Å². The number of rotatable bonds is 0. The number of likely N-dealkylation sites (tertiary alicyclic amines) is 2. The van der Waals surface area contributed by atoms with E-state index >= 15 is 0 Å². The summed E-state index contributed by atoms with van der Waals surface area (Å²) in [6, 6.07) is 0.0417. The molecule has 0 atom stereocenters. The highest BCUT2D eigenvalue weighted by Gasteiger charge is 2.24. The topological polar surface area (TPSA) is 226 Å². The number of likely N-dealkylation sites (N-methyl/N-ethyl adjacent to an activating group) is 1. The fraction of sp³-hybridized carbons (Fsp3) is 0.565. The van der Waals surface area contributed by atoms with E-state index in [1.165, 1.54) is 46.5 Å². The highest BCUT2D eigenvalue weighted by Crippen LogP contribution is 2.09. The minimum atomic E-state index is -0.613. The Morgan fingerprint density at radius 3 is 1.46 bits per heavy atom. The maximum absolute atomic E-state index is 10.7. The quantitative estimate of drug-likeness (QED) is 0.276. The van der Waals surface area contributed by atoms with Crippen LogP contribution in [-0.2, 0) is 33.3 Å². The molecular weight excluding hydrogens is 544 g/mol. The van der Waals surface area contributed by atoms with E-state index in [9.17, 15) is 38.4 Å². The number of carbonyl (C=O) groups excluding carboxylic acids is 5. The minimum Gasteiger partial charge on any atom is -0.336 e. The number of nitrogens with one attached hydrogen (secondary N) is 3. The van der Waals surface area contributed by atoms with Crippen LogP contribution in [0.2, 0.25) is 0 Å². The Morgan fingerprint density at radius 2 is 1.22 bits per heavy atom. The Morgan fingerprint density at radius 1 is 0.707 bits per heavy atom. The monoisotopic (exact) mass is 580 g/mol. The summed E-state index contributed by atoms with van der Waals surface area (Å²) < 4.78 is 2.44. The smallest absolute Gasteiger partial charge is 0.336 e. The largest absolute Gasteiger partial charge is 0.350 e. The van der Waals surface area contributed by atoms with Gasteiger partial charge >= 0.3 is 23.1 Å². The number of piperidine rings is 1. The van der Waals surface area contributed by atoms with E-state index in [4.69, 9.17) is 0 Å². The first-order chi connectivity index (χ1) is 19.1. The molecule has 3 saturated heterocycles. The van der Waals surface area contributed by atoms with Crippen LogP contribution in [0.15, 0.2) is 20.7 Å². The molecule has 3 aliphatic rings. The van der Waals surface area contributed by atoms with Crippen molar-refractivity contribution in [2.24, 2.45) is 14.1 Å². The molecule has 5 heterocycles. The zero-order valence-corrected chi connectivity index (χ0v) is 23.9. The number of aromatic nitrogens is 6. The van der Waals surface area contributed by atoms with Crippen LogP contribution >= 0.6 is 0 Å². The Balaban J connectivity index is 0.000000257. The van der Waals surface area contributed by atoms with Gasteiger partial charge in [-0.3, -0.25) is 43.5 Å². The molecule has 0 unspecified atom stereocenters. The molecule has 2 aromatic heterocycles. The van der Waals surface area contributed by atoms with Crippen LogP contribution in [0.5, 0.6) is 0 Å². The number of urea groups is 1. The summed E-state index contributed by atoms with van der Waals surface area (Å²) in [6.45, 7) is 3.38. The minimum absolute atomic E-state index is 0.0417. The van der Waals surface area contributed by atoms with E-state index in [2.05, 4.69) is 20.4 Å². The van der Waals surface area contributed by atoms with Crippen LogP contribution in [0.25, 0.3) is 0 Å². The van der Waals surface area contributed by atoms with E-state index in [1.807, 2.05) is 4.98 Å². The van der Waals surface area contributed by atoms with Gasteiger partial charge in [-0.2, -0.15) is 10.1 Å². The van der Waals surface area contributed by atoms with E-state index < -0.39 is 11.4 Å². The number of hydrogen-bond donors (Lipinski definition) is 3. The van der Waals surface area contributed by atoms with Gasteiger partial charge in [-0.15, -0.1) is 0 Å². The maximum atomic E-state index is 10.7. The Labute approximate surface area is 234 Å². The molecule has 3 N–H and O–H groups in total. The summed E-state index contributed by atoms with van der Waals surface area (Å²) >= 11 is 0. The van der Waals surface area contributed by atoms with Crippen LogP contribution in [0, 0.1) is 6.92 Å². The number of imide groups is 2. The molecule has 41 heavy (non-hydrogen) atoms. The fourth-order valence-electron chi connectivity index (χ4n) is 3.06. The molecular formula is C23H36N10O8. The molecule has 226 valence electrons. The number of carbonyl (C=O) groups is 5. The van der Waals surface area contributed by atoms with Gasteiger partial charge in [-0.25, -0.2) is 23.9 Å². The van der Waals surface area contributed by atoms with Crippen molar-refractivity contribution in [1.29, 1.82) is 0 Å². The molecule has 18 heteroatoms. The highest BCUT2D eigenvalue weighted by molar-refractivity contribution is 6.01. The molecule has 0 spiro atoms. The average molecular weight is 581 g/mol. The summed E-state index contributed by atoms with van der Waals surface area (Å²) in [4.78, 5) is 95.8. The Bertz CT molecular complexity index is 1370. The lowest BCUT2D eigenvalue weighted by molar-refractivity contribution is -0.146. The molecule has 2 aromatic rings. The van der Waals surface area contributed by atoms with Gasteiger partial charge in [0.1, 0.15) is 12.2 Å². The van der Waals surface area contributed by atoms with Crippen molar-refractivity contribution in [2.75, 3.05) is 34.2 Å². The molecule has 3 aliphatic heterocycles. The predicted molar refractivity (Wildman–Crippen MR) is 143 cm³/mol. The van der Waals surface area contributed by atoms with Crippen LogP contribution in [0.3, 0.4) is 0 Å². The maximum Gasteiger partial charge on any atom is 0.350 e. The van der Waals surface area contributed by atoms with Gasteiger partial charge in [-0.05, 0) is 13.3 Å². The van der Waals surface area contributed by atoms with Crippen molar-refractivity contribution in [2.45, 2.75) is 39.0 Å². The van der Waals surface area contributed by atoms with Crippen LogP contribution in [-0.4, -0.2) is 108 Å². The molecule has 0 radical (unpaired) electrons. The van der Waals surface area contributed by atoms with Gasteiger partial charge in [0, 0.05) is 74.0 Å². The standard InChI is InChI=1S/C6H9NO2.C5H7NO2.C4H5N3O2.C4H7N3O.C4H8N2O/c1-7-5(8)3-2-4-6(7)9;1-6-4(7)2-3-5(6)8;1-7-2-5-3(8)6-4(7)9;1-3-5-4(8)7(2)6-3;1-6-3-2-5-4(6)7/h2-4H2,1H3;2-3H2,1H3;2H,1H3,(H,6,8,9);1-2H3,(H,5,6,8);2-3H2,1H3,(H,5,7). The number of aryl methyl sites for hydroxylation is 3. The zero-order chi connectivity index (χ0) is 31.3. The highest BCUT2D eigenvalue weighted by atomic mass is 16.2. The number of hydrogen-bond acceptors (Lipinski definition) is 10. The van der Waals surface area contributed by atoms with E-state index in [-0.39, 0.29) is 35.3 Å². The van der Waals surface area contributed by atoms with E-state index in [0.717, 1.165) is 19.5 Å². The van der Waals surface area contributed by atoms with Crippen molar-refractivity contribution in [3.63, 3.8) is 0 Å². The lowest BCUT2D eigenvalue weighted by Gasteiger charge is -2.19. The Kier molecular flexibility index (Phi) is 13.5. The van der Waals surface area contributed by atoms with Crippen molar-refractivity contribution < 1.29 is 24.0 Å². The van der Waals surface area contributed by atoms with E-state index in [0.29, 0.717) is 31.5 Å². The lowest BCUT2D eigenvalue weighted by atomic mass is 10.1. The SMILES string of the molecule is CN1C(=O)CCC1=O.CN1C(=O)CCCC1=O.CN1CCNC1=O.Cc1nn(C)c(=O)[nH]1.Cn1cnc(=O)[nH]c1=O. The summed E-state index contributed by atoms with van der Waals surface area (Å²) in [5, 5.41) is 6.42. The number of H-pyrrole nitrogens is 2. The molecule has 0 aromatic carbocycles. The fourth-order valence-corrected chi connectivity index (χ4v) is 3.06. The predicted octanol–water partition coefficient (Wildman–Crippen LogP) is -2.55. The Hall–Kier alpha value is -4.90. The van der Waals surface area contributed by atoms with Gasteiger partial charge < -0.3 is 10.2 Å². The molecule has 6 amide bonds. The lowest BCUT2D eigenvalue weighted by Crippen LogP contribution is -2.36. The number of aromatic amines is 2.